The van der Waals surface area contributed by atoms with E-state index in [1.807, 2.05) is 0 Å². The average molecular weight is 286 g/mol. The van der Waals surface area contributed by atoms with Gasteiger partial charge in [-0.2, -0.15) is 0 Å². The molecule has 0 saturated heterocycles. The molecular formula is C13H22N2O3S. The molecule has 0 fully saturated rings. The maximum atomic E-state index is 12.1. The van der Waals surface area contributed by atoms with Crippen LogP contribution in [-0.2, 0) is 21.3 Å². The van der Waals surface area contributed by atoms with E-state index in [0.717, 1.165) is 12.8 Å². The second-order valence-electron chi connectivity index (χ2n) is 4.18. The Morgan fingerprint density at radius 2 is 2.00 bits per heavy atom. The number of ether oxygens (including phenoxy) is 1. The number of nitrogens with two attached hydrogens (primary N) is 1. The van der Waals surface area contributed by atoms with Crippen molar-refractivity contribution in [2.45, 2.75) is 31.2 Å². The number of sulfonamides is 1. The highest BCUT2D eigenvalue weighted by molar-refractivity contribution is 7.89. The van der Waals surface area contributed by atoms with E-state index in [0.29, 0.717) is 18.8 Å². The van der Waals surface area contributed by atoms with E-state index in [9.17, 15) is 8.42 Å². The Balaban J connectivity index is 2.52. The van der Waals surface area contributed by atoms with Crippen LogP contribution in [0.3, 0.4) is 0 Å². The second kappa shape index (κ2) is 8.27. The van der Waals surface area contributed by atoms with Gasteiger partial charge in [-0.05, 0) is 18.1 Å². The molecule has 0 aliphatic rings. The van der Waals surface area contributed by atoms with E-state index in [2.05, 4.69) is 11.6 Å². The lowest BCUT2D eigenvalue weighted by atomic mass is 10.2. The lowest BCUT2D eigenvalue weighted by Gasteiger charge is -2.10. The molecular weight excluding hydrogens is 264 g/mol. The van der Waals surface area contributed by atoms with Gasteiger partial charge in [0.05, 0.1) is 11.5 Å². The molecule has 1 rings (SSSR count). The molecule has 0 aliphatic carbocycles. The zero-order chi connectivity index (χ0) is 14.1. The zero-order valence-electron chi connectivity index (χ0n) is 11.3. The highest BCUT2D eigenvalue weighted by Crippen LogP contribution is 2.14. The van der Waals surface area contributed by atoms with Gasteiger partial charge in [0.15, 0.2) is 0 Å². The maximum absolute atomic E-state index is 12.1. The van der Waals surface area contributed by atoms with Gasteiger partial charge in [0.25, 0.3) is 0 Å². The summed E-state index contributed by atoms with van der Waals surface area (Å²) >= 11 is 0. The molecule has 0 heterocycles. The summed E-state index contributed by atoms with van der Waals surface area (Å²) in [6.07, 6.45) is 2.05. The van der Waals surface area contributed by atoms with Crippen molar-refractivity contribution in [2.24, 2.45) is 5.73 Å². The third kappa shape index (κ3) is 5.28. The van der Waals surface area contributed by atoms with Crippen molar-refractivity contribution in [2.75, 3.05) is 19.8 Å². The molecule has 5 nitrogen and oxygen atoms in total. The van der Waals surface area contributed by atoms with Crippen LogP contribution in [0.25, 0.3) is 0 Å². The van der Waals surface area contributed by atoms with Gasteiger partial charge in [0.2, 0.25) is 10.0 Å². The minimum atomic E-state index is -3.51. The number of unbranched alkanes of at least 4 members (excludes halogenated alkanes) is 1. The Kier molecular flexibility index (Phi) is 7.01. The molecule has 0 aliphatic heterocycles. The highest BCUT2D eigenvalue weighted by atomic mass is 32.2. The number of hydrogen-bond acceptors (Lipinski definition) is 4. The van der Waals surface area contributed by atoms with Gasteiger partial charge in [0.1, 0.15) is 0 Å². The molecule has 19 heavy (non-hydrogen) atoms. The van der Waals surface area contributed by atoms with Crippen molar-refractivity contribution in [3.05, 3.63) is 29.8 Å². The van der Waals surface area contributed by atoms with E-state index in [4.69, 9.17) is 10.5 Å². The SMILES string of the molecule is CCCCOCCNS(=O)(=O)c1ccccc1CN. The van der Waals surface area contributed by atoms with Gasteiger partial charge in [-0.1, -0.05) is 31.5 Å². The zero-order valence-corrected chi connectivity index (χ0v) is 12.1. The first kappa shape index (κ1) is 16.1. The number of rotatable bonds is 9. The first-order valence-corrected chi connectivity index (χ1v) is 7.95. The Labute approximate surface area is 115 Å². The molecule has 0 spiro atoms. The van der Waals surface area contributed by atoms with E-state index in [1.165, 1.54) is 0 Å². The van der Waals surface area contributed by atoms with Crippen LogP contribution >= 0.6 is 0 Å². The molecule has 108 valence electrons. The van der Waals surface area contributed by atoms with Gasteiger partial charge in [-0.3, -0.25) is 0 Å². The topological polar surface area (TPSA) is 81.4 Å². The summed E-state index contributed by atoms with van der Waals surface area (Å²) in [5.74, 6) is 0. The highest BCUT2D eigenvalue weighted by Gasteiger charge is 2.16. The van der Waals surface area contributed by atoms with Crippen molar-refractivity contribution < 1.29 is 13.2 Å². The van der Waals surface area contributed by atoms with Crippen molar-refractivity contribution in [3.63, 3.8) is 0 Å². The third-order valence-corrected chi connectivity index (χ3v) is 4.22. The molecule has 0 saturated carbocycles. The van der Waals surface area contributed by atoms with E-state index >= 15 is 0 Å². The summed E-state index contributed by atoms with van der Waals surface area (Å²) in [5, 5.41) is 0. The van der Waals surface area contributed by atoms with Crippen LogP contribution in [0.15, 0.2) is 29.2 Å². The minimum absolute atomic E-state index is 0.198. The summed E-state index contributed by atoms with van der Waals surface area (Å²) in [6.45, 7) is 3.59. The summed E-state index contributed by atoms with van der Waals surface area (Å²) in [7, 11) is -3.51. The lowest BCUT2D eigenvalue weighted by molar-refractivity contribution is 0.136. The van der Waals surface area contributed by atoms with Crippen molar-refractivity contribution in [1.29, 1.82) is 0 Å². The monoisotopic (exact) mass is 286 g/mol. The molecule has 6 heteroatoms. The van der Waals surface area contributed by atoms with Gasteiger partial charge in [0, 0.05) is 19.7 Å². The summed E-state index contributed by atoms with van der Waals surface area (Å²) in [5.41, 5.74) is 6.15. The van der Waals surface area contributed by atoms with E-state index < -0.39 is 10.0 Å². The maximum Gasteiger partial charge on any atom is 0.240 e. The number of hydrogen-bond donors (Lipinski definition) is 2. The first-order valence-electron chi connectivity index (χ1n) is 6.47. The Morgan fingerprint density at radius 3 is 2.68 bits per heavy atom. The molecule has 0 amide bonds. The largest absolute Gasteiger partial charge is 0.380 e. The molecule has 3 N–H and O–H groups in total. The minimum Gasteiger partial charge on any atom is -0.380 e. The van der Waals surface area contributed by atoms with Crippen LogP contribution in [-0.4, -0.2) is 28.2 Å². The molecule has 0 unspecified atom stereocenters. The fourth-order valence-electron chi connectivity index (χ4n) is 1.61. The summed E-state index contributed by atoms with van der Waals surface area (Å²) in [4.78, 5) is 0.242. The van der Waals surface area contributed by atoms with Crippen LogP contribution in [0.4, 0.5) is 0 Å². The predicted octanol–water partition coefficient (Wildman–Crippen LogP) is 1.24. The van der Waals surface area contributed by atoms with Gasteiger partial charge in [-0.25, -0.2) is 13.1 Å². The van der Waals surface area contributed by atoms with E-state index in [1.54, 1.807) is 24.3 Å². The Hall–Kier alpha value is -0.950. The standard InChI is InChI=1S/C13H22N2O3S/c1-2-3-9-18-10-8-15-19(16,17)13-7-5-4-6-12(13)11-14/h4-7,15H,2-3,8-11,14H2,1H3. The number of benzene rings is 1. The van der Waals surface area contributed by atoms with Crippen molar-refractivity contribution >= 4 is 10.0 Å². The molecule has 0 bridgehead atoms. The number of nitrogens with one attached hydrogen (secondary N) is 1. The average Bonchev–Trinajstić information content (AvgIpc) is 2.42. The quantitative estimate of drug-likeness (QED) is 0.669. The fourth-order valence-corrected chi connectivity index (χ4v) is 2.87. The van der Waals surface area contributed by atoms with Gasteiger partial charge in [-0.15, -0.1) is 0 Å². The van der Waals surface area contributed by atoms with Crippen molar-refractivity contribution in [1.82, 2.24) is 4.72 Å². The van der Waals surface area contributed by atoms with Crippen LogP contribution in [0.2, 0.25) is 0 Å². The molecule has 0 aromatic heterocycles. The summed E-state index contributed by atoms with van der Waals surface area (Å²) < 4.78 is 32.0. The van der Waals surface area contributed by atoms with Crippen LogP contribution < -0.4 is 10.5 Å². The Morgan fingerprint density at radius 1 is 1.26 bits per heavy atom. The smallest absolute Gasteiger partial charge is 0.240 e. The molecule has 0 radical (unpaired) electrons. The summed E-state index contributed by atoms with van der Waals surface area (Å²) in [6, 6.07) is 6.73. The molecule has 0 atom stereocenters. The van der Waals surface area contributed by atoms with Crippen LogP contribution in [0.1, 0.15) is 25.3 Å². The normalized spacial score (nSPS) is 11.7. The molecule has 1 aromatic rings. The Bertz CT molecular complexity index is 475. The molecule has 1 aromatic carbocycles. The lowest BCUT2D eigenvalue weighted by Crippen LogP contribution is -2.28. The van der Waals surface area contributed by atoms with Crippen LogP contribution in [0.5, 0.6) is 0 Å². The van der Waals surface area contributed by atoms with Gasteiger partial charge >= 0.3 is 0 Å². The first-order chi connectivity index (χ1) is 9.11. The van der Waals surface area contributed by atoms with Crippen molar-refractivity contribution in [3.8, 4) is 0 Å². The van der Waals surface area contributed by atoms with E-state index in [-0.39, 0.29) is 18.0 Å². The fraction of sp³-hybridized carbons (Fsp3) is 0.538. The second-order valence-corrected chi connectivity index (χ2v) is 5.91. The predicted molar refractivity (Wildman–Crippen MR) is 75.2 cm³/mol. The third-order valence-electron chi connectivity index (χ3n) is 2.66. The van der Waals surface area contributed by atoms with Gasteiger partial charge < -0.3 is 10.5 Å². The van der Waals surface area contributed by atoms with Crippen LogP contribution in [0, 0.1) is 0 Å².